The van der Waals surface area contributed by atoms with Crippen LogP contribution in [0.4, 0.5) is 13.6 Å². The Morgan fingerprint density at radius 2 is 1.92 bits per heavy atom. The van der Waals surface area contributed by atoms with Gasteiger partial charge in [-0.25, -0.2) is 13.6 Å². The van der Waals surface area contributed by atoms with Crippen molar-refractivity contribution in [3.63, 3.8) is 0 Å². The Bertz CT molecular complexity index is 606. The number of carbonyl (C=O) groups is 1. The van der Waals surface area contributed by atoms with Gasteiger partial charge in [-0.15, -0.1) is 0 Å². The lowest BCUT2D eigenvalue weighted by atomic mass is 10.0. The van der Waals surface area contributed by atoms with Crippen molar-refractivity contribution >= 4 is 6.09 Å². The number of rotatable bonds is 5. The predicted octanol–water partition coefficient (Wildman–Crippen LogP) is 2.11. The minimum absolute atomic E-state index is 0.00377. The molecule has 8 heteroatoms. The third-order valence-electron chi connectivity index (χ3n) is 4.09. The highest BCUT2D eigenvalue weighted by Crippen LogP contribution is 2.24. The molecule has 6 nitrogen and oxygen atoms in total. The molecule has 0 bridgehead atoms. The van der Waals surface area contributed by atoms with Crippen molar-refractivity contribution in [3.8, 4) is 0 Å². The molecule has 1 saturated heterocycles. The van der Waals surface area contributed by atoms with Gasteiger partial charge < -0.3 is 20.3 Å². The first kappa shape index (κ1) is 20.5. The number of benzene rings is 1. The Morgan fingerprint density at radius 1 is 1.31 bits per heavy atom. The number of hydrogen-bond acceptors (Lipinski definition) is 5. The van der Waals surface area contributed by atoms with Gasteiger partial charge in [0.1, 0.15) is 36.0 Å². The van der Waals surface area contributed by atoms with Crippen LogP contribution in [0.1, 0.15) is 38.9 Å². The highest BCUT2D eigenvalue weighted by Gasteiger charge is 2.37. The zero-order valence-electron chi connectivity index (χ0n) is 15.2. The average molecular weight is 372 g/mol. The van der Waals surface area contributed by atoms with E-state index in [0.717, 1.165) is 0 Å². The van der Waals surface area contributed by atoms with Crippen LogP contribution < -0.4 is 5.32 Å². The summed E-state index contributed by atoms with van der Waals surface area (Å²) in [5.41, 5.74) is -0.458. The van der Waals surface area contributed by atoms with Gasteiger partial charge in [0.25, 0.3) is 0 Å². The molecular weight excluding hydrogens is 346 g/mol. The van der Waals surface area contributed by atoms with E-state index in [4.69, 9.17) is 4.74 Å². The number of amides is 1. The standard InChI is InChI=1S/C18H26F2N2O4/c1-18(2,3)26-17(25)21-14(16(24)22-9-8-13(20)10-22)15(23)11-4-6-12(19)7-5-11/h4-7,13-16,23-24H,8-10H2,1-3H3,(H,21,25)/t13-,14?,15?,16?/m0/s1. The van der Waals surface area contributed by atoms with Crippen LogP contribution in [-0.2, 0) is 4.74 Å². The SMILES string of the molecule is CC(C)(C)OC(=O)NC(C(O)c1ccc(F)cc1)C(O)N1CC[C@H](F)C1. The average Bonchev–Trinajstić information content (AvgIpc) is 2.97. The zero-order chi connectivity index (χ0) is 19.5. The monoisotopic (exact) mass is 372 g/mol. The molecule has 3 unspecified atom stereocenters. The third-order valence-corrected chi connectivity index (χ3v) is 4.09. The summed E-state index contributed by atoms with van der Waals surface area (Å²) in [6, 6.07) is 3.88. The van der Waals surface area contributed by atoms with Crippen LogP contribution in [0.15, 0.2) is 24.3 Å². The molecule has 1 aliphatic heterocycles. The molecule has 1 fully saturated rings. The third kappa shape index (κ3) is 5.62. The van der Waals surface area contributed by atoms with Crippen LogP contribution in [0, 0.1) is 5.82 Å². The van der Waals surface area contributed by atoms with Crippen LogP contribution in [0.3, 0.4) is 0 Å². The molecule has 1 amide bonds. The first-order valence-corrected chi connectivity index (χ1v) is 8.56. The van der Waals surface area contributed by atoms with Gasteiger partial charge in [-0.3, -0.25) is 4.90 Å². The highest BCUT2D eigenvalue weighted by atomic mass is 19.1. The summed E-state index contributed by atoms with van der Waals surface area (Å²) in [6.07, 6.45) is -4.29. The molecule has 26 heavy (non-hydrogen) atoms. The quantitative estimate of drug-likeness (QED) is 0.738. The first-order chi connectivity index (χ1) is 12.1. The van der Waals surface area contributed by atoms with Crippen LogP contribution in [0.2, 0.25) is 0 Å². The summed E-state index contributed by atoms with van der Waals surface area (Å²) in [7, 11) is 0. The number of nitrogens with one attached hydrogen (secondary N) is 1. The minimum atomic E-state index is -1.34. The number of carbonyl (C=O) groups excluding carboxylic acids is 1. The van der Waals surface area contributed by atoms with Crippen LogP contribution >= 0.6 is 0 Å². The van der Waals surface area contributed by atoms with Crippen LogP contribution in [-0.4, -0.2) is 58.3 Å². The number of nitrogens with zero attached hydrogens (tertiary/aromatic N) is 1. The van der Waals surface area contributed by atoms with Crippen molar-refractivity contribution in [1.29, 1.82) is 0 Å². The molecular formula is C18H26F2N2O4. The zero-order valence-corrected chi connectivity index (χ0v) is 15.2. The molecule has 1 aromatic carbocycles. The fourth-order valence-electron chi connectivity index (χ4n) is 2.84. The lowest BCUT2D eigenvalue weighted by Crippen LogP contribution is -2.54. The maximum Gasteiger partial charge on any atom is 0.408 e. The predicted molar refractivity (Wildman–Crippen MR) is 91.6 cm³/mol. The number of alkyl halides is 1. The molecule has 3 N–H and O–H groups in total. The minimum Gasteiger partial charge on any atom is -0.444 e. The number of aliphatic hydroxyl groups is 2. The Morgan fingerprint density at radius 3 is 2.42 bits per heavy atom. The van der Waals surface area contributed by atoms with E-state index in [1.54, 1.807) is 20.8 Å². The Balaban J connectivity index is 2.19. The maximum atomic E-state index is 13.5. The molecule has 0 spiro atoms. The molecule has 2 rings (SSSR count). The summed E-state index contributed by atoms with van der Waals surface area (Å²) >= 11 is 0. The Labute approximate surface area is 151 Å². The largest absolute Gasteiger partial charge is 0.444 e. The first-order valence-electron chi connectivity index (χ1n) is 8.56. The number of halogens is 2. The summed E-state index contributed by atoms with van der Waals surface area (Å²) in [6.45, 7) is 5.35. The van der Waals surface area contributed by atoms with E-state index in [2.05, 4.69) is 5.32 Å². The van der Waals surface area contributed by atoms with E-state index in [-0.39, 0.29) is 13.0 Å². The number of aliphatic hydroxyl groups excluding tert-OH is 2. The van der Waals surface area contributed by atoms with Crippen molar-refractivity contribution < 1.29 is 28.5 Å². The lowest BCUT2D eigenvalue weighted by Gasteiger charge is -2.34. The second-order valence-electron chi connectivity index (χ2n) is 7.46. The maximum absolute atomic E-state index is 13.5. The fourth-order valence-corrected chi connectivity index (χ4v) is 2.84. The Kier molecular flexibility index (Phi) is 6.54. The van der Waals surface area contributed by atoms with Gasteiger partial charge in [0.2, 0.25) is 0 Å². The van der Waals surface area contributed by atoms with Crippen LogP contribution in [0.5, 0.6) is 0 Å². The van der Waals surface area contributed by atoms with E-state index in [9.17, 15) is 23.8 Å². The van der Waals surface area contributed by atoms with E-state index in [1.165, 1.54) is 29.2 Å². The van der Waals surface area contributed by atoms with E-state index < -0.39 is 42.1 Å². The van der Waals surface area contributed by atoms with E-state index in [0.29, 0.717) is 12.1 Å². The van der Waals surface area contributed by atoms with Gasteiger partial charge in [0, 0.05) is 13.1 Å². The number of hydrogen-bond donors (Lipinski definition) is 3. The van der Waals surface area contributed by atoms with Gasteiger partial charge in [0.15, 0.2) is 0 Å². The molecule has 146 valence electrons. The molecule has 1 aromatic rings. The van der Waals surface area contributed by atoms with Crippen molar-refractivity contribution in [2.75, 3.05) is 13.1 Å². The fraction of sp³-hybridized carbons (Fsp3) is 0.611. The molecule has 4 atom stereocenters. The van der Waals surface area contributed by atoms with Crippen molar-refractivity contribution in [1.82, 2.24) is 10.2 Å². The summed E-state index contributed by atoms with van der Waals surface area (Å²) < 4.78 is 31.8. The lowest BCUT2D eigenvalue weighted by molar-refractivity contribution is -0.0547. The van der Waals surface area contributed by atoms with Gasteiger partial charge >= 0.3 is 6.09 Å². The second-order valence-corrected chi connectivity index (χ2v) is 7.46. The number of ether oxygens (including phenoxy) is 1. The van der Waals surface area contributed by atoms with Gasteiger partial charge in [-0.2, -0.15) is 0 Å². The van der Waals surface area contributed by atoms with Crippen molar-refractivity contribution in [2.45, 2.75) is 57.3 Å². The number of likely N-dealkylation sites (tertiary alicyclic amines) is 1. The second kappa shape index (κ2) is 8.28. The van der Waals surface area contributed by atoms with Crippen molar-refractivity contribution in [3.05, 3.63) is 35.6 Å². The molecule has 0 aliphatic carbocycles. The van der Waals surface area contributed by atoms with E-state index >= 15 is 0 Å². The highest BCUT2D eigenvalue weighted by molar-refractivity contribution is 5.68. The molecule has 1 heterocycles. The van der Waals surface area contributed by atoms with Crippen molar-refractivity contribution in [2.24, 2.45) is 0 Å². The molecule has 0 saturated carbocycles. The Hall–Kier alpha value is -1.77. The van der Waals surface area contributed by atoms with Gasteiger partial charge in [-0.1, -0.05) is 12.1 Å². The van der Waals surface area contributed by atoms with Gasteiger partial charge in [0.05, 0.1) is 0 Å². The smallest absolute Gasteiger partial charge is 0.408 e. The van der Waals surface area contributed by atoms with E-state index in [1.807, 2.05) is 0 Å². The summed E-state index contributed by atoms with van der Waals surface area (Å²) in [4.78, 5) is 13.6. The molecule has 0 aromatic heterocycles. The molecule has 0 radical (unpaired) electrons. The normalized spacial score (nSPS) is 21.9. The van der Waals surface area contributed by atoms with Crippen LogP contribution in [0.25, 0.3) is 0 Å². The summed E-state index contributed by atoms with van der Waals surface area (Å²) in [5.74, 6) is -0.474. The van der Waals surface area contributed by atoms with Gasteiger partial charge in [-0.05, 0) is 44.9 Å². The molecule has 1 aliphatic rings. The topological polar surface area (TPSA) is 82.0 Å². The summed E-state index contributed by atoms with van der Waals surface area (Å²) in [5, 5.41) is 23.7. The number of alkyl carbamates (subject to hydrolysis) is 1.